The van der Waals surface area contributed by atoms with E-state index >= 15 is 0 Å². The number of hydrogen-bond donors (Lipinski definition) is 0. The number of nitrogens with zero attached hydrogens (tertiary/aromatic N) is 4. The SMILES string of the molecule is CC(C)c1cccc(C(C)C)c1-c1cc(Oc2ccc3c4cc(-c5ccccc5)ccc4n(-c4cc(C(C)(C)C)ccn4)c3c2)cc(N2CN(c3cc(C(C)(C)c4ccccc4)cc(C(C)(C)c4ccccc4)c3)c3cc(C(C)(C)C)ccc32)c1. The Bertz CT molecular complexity index is 4170. The van der Waals surface area contributed by atoms with E-state index in [4.69, 9.17) is 9.72 Å². The molecule has 85 heavy (non-hydrogen) atoms. The molecule has 5 nitrogen and oxygen atoms in total. The average Bonchev–Trinajstić information content (AvgIpc) is 1.92. The van der Waals surface area contributed by atoms with Crippen molar-refractivity contribution in [3.63, 3.8) is 0 Å². The molecule has 0 spiro atoms. The summed E-state index contributed by atoms with van der Waals surface area (Å²) >= 11 is 0. The van der Waals surface area contributed by atoms with E-state index in [-0.39, 0.29) is 21.7 Å². The Labute approximate surface area is 505 Å². The lowest BCUT2D eigenvalue weighted by atomic mass is 9.73. The standard InChI is InChI=1S/C80H82N4O/c1-52(2)67-31-24-32-68(53(3)4)76(67)56-41-63(49-66(42-56)85-65-35-36-69-70-43-55(54-25-18-15-19-26-54)33-37-71(70)84(73(69)50-65)75-48-60(39-40-81-75)78(8,9)10)82-51-83(74-47-59(77(5,6)7)34-38-72(74)82)64-45-61(79(11,12)57-27-20-16-21-28-57)44-62(46-64)80(13,14)58-29-22-17-23-30-58/h15-50,52-53H,51H2,1-14H3. The fourth-order valence-electron chi connectivity index (χ4n) is 12.8. The van der Waals surface area contributed by atoms with Gasteiger partial charge in [-0.3, -0.25) is 4.57 Å². The first-order chi connectivity index (χ1) is 40.5. The van der Waals surface area contributed by atoms with E-state index in [0.29, 0.717) is 18.5 Å². The molecule has 0 N–H and O–H groups in total. The van der Waals surface area contributed by atoms with Crippen molar-refractivity contribution in [1.82, 2.24) is 9.55 Å². The predicted octanol–water partition coefficient (Wildman–Crippen LogP) is 22.0. The van der Waals surface area contributed by atoms with Gasteiger partial charge < -0.3 is 14.5 Å². The fourth-order valence-corrected chi connectivity index (χ4v) is 12.8. The van der Waals surface area contributed by atoms with Gasteiger partial charge in [0.2, 0.25) is 0 Å². The van der Waals surface area contributed by atoms with Gasteiger partial charge in [0, 0.05) is 51.3 Å². The molecule has 0 amide bonds. The van der Waals surface area contributed by atoms with Crippen LogP contribution >= 0.6 is 0 Å². The summed E-state index contributed by atoms with van der Waals surface area (Å²) in [4.78, 5) is 10.2. The Balaban J connectivity index is 1.05. The van der Waals surface area contributed by atoms with Crippen molar-refractivity contribution in [2.45, 2.75) is 130 Å². The Morgan fingerprint density at radius 2 is 0.965 bits per heavy atom. The van der Waals surface area contributed by atoms with Crippen molar-refractivity contribution in [3.05, 3.63) is 263 Å². The minimum Gasteiger partial charge on any atom is -0.457 e. The van der Waals surface area contributed by atoms with Gasteiger partial charge in [0.25, 0.3) is 0 Å². The molecule has 12 rings (SSSR count). The Kier molecular flexibility index (Phi) is 14.5. The Morgan fingerprint density at radius 1 is 0.388 bits per heavy atom. The first-order valence-electron chi connectivity index (χ1n) is 30.6. The summed E-state index contributed by atoms with van der Waals surface area (Å²) in [5.74, 6) is 2.98. The molecule has 428 valence electrons. The van der Waals surface area contributed by atoms with E-state index in [0.717, 1.165) is 56.4 Å². The molecular formula is C80H82N4O. The number of hydrogen-bond acceptors (Lipinski definition) is 4. The number of pyridine rings is 1. The Morgan fingerprint density at radius 3 is 1.56 bits per heavy atom. The topological polar surface area (TPSA) is 33.5 Å². The first kappa shape index (κ1) is 56.8. The smallest absolute Gasteiger partial charge is 0.137 e. The monoisotopic (exact) mass is 1110 g/mol. The van der Waals surface area contributed by atoms with Gasteiger partial charge in [-0.05, 0) is 162 Å². The molecule has 0 radical (unpaired) electrons. The third-order valence-corrected chi connectivity index (χ3v) is 18.2. The summed E-state index contributed by atoms with van der Waals surface area (Å²) in [7, 11) is 0. The van der Waals surface area contributed by atoms with Crippen molar-refractivity contribution in [3.8, 4) is 39.6 Å². The number of fused-ring (bicyclic) bond motifs is 4. The molecule has 0 saturated heterocycles. The van der Waals surface area contributed by atoms with Crippen LogP contribution in [0.2, 0.25) is 0 Å². The van der Waals surface area contributed by atoms with Crippen LogP contribution in [-0.4, -0.2) is 16.2 Å². The maximum Gasteiger partial charge on any atom is 0.137 e. The second-order valence-electron chi connectivity index (χ2n) is 27.4. The molecule has 5 heteroatoms. The van der Waals surface area contributed by atoms with Gasteiger partial charge in [-0.15, -0.1) is 0 Å². The molecule has 11 aromatic rings. The van der Waals surface area contributed by atoms with E-state index in [1.165, 1.54) is 72.3 Å². The van der Waals surface area contributed by atoms with Crippen molar-refractivity contribution in [2.24, 2.45) is 0 Å². The van der Waals surface area contributed by atoms with Crippen LogP contribution in [0.3, 0.4) is 0 Å². The molecule has 3 heterocycles. The van der Waals surface area contributed by atoms with Gasteiger partial charge in [0.15, 0.2) is 0 Å². The van der Waals surface area contributed by atoms with Crippen molar-refractivity contribution >= 4 is 44.6 Å². The molecular weight excluding hydrogens is 1030 g/mol. The highest BCUT2D eigenvalue weighted by molar-refractivity contribution is 6.11. The number of ether oxygens (including phenoxy) is 1. The van der Waals surface area contributed by atoms with Gasteiger partial charge in [0.1, 0.15) is 24.0 Å². The molecule has 9 aromatic carbocycles. The zero-order valence-corrected chi connectivity index (χ0v) is 52.3. The van der Waals surface area contributed by atoms with Crippen LogP contribution in [0.4, 0.5) is 22.7 Å². The summed E-state index contributed by atoms with van der Waals surface area (Å²) < 4.78 is 9.71. The lowest BCUT2D eigenvalue weighted by Gasteiger charge is -2.33. The van der Waals surface area contributed by atoms with Gasteiger partial charge in [-0.1, -0.05) is 224 Å². The maximum absolute atomic E-state index is 7.39. The fraction of sp³-hybridized carbons (Fsp3) is 0.263. The summed E-state index contributed by atoms with van der Waals surface area (Å²) in [6.45, 7) is 33.1. The first-order valence-corrected chi connectivity index (χ1v) is 30.6. The largest absolute Gasteiger partial charge is 0.457 e. The quantitative estimate of drug-likeness (QED) is 0.115. The molecule has 2 aromatic heterocycles. The minimum absolute atomic E-state index is 0.0646. The van der Waals surface area contributed by atoms with Crippen LogP contribution in [0.1, 0.15) is 153 Å². The van der Waals surface area contributed by atoms with Crippen LogP contribution < -0.4 is 14.5 Å². The van der Waals surface area contributed by atoms with E-state index in [1.54, 1.807) is 0 Å². The summed E-state index contributed by atoms with van der Waals surface area (Å²) in [5, 5.41) is 2.30. The molecule has 0 bridgehead atoms. The molecule has 0 saturated carbocycles. The second-order valence-corrected chi connectivity index (χ2v) is 27.4. The van der Waals surface area contributed by atoms with E-state index in [2.05, 4.69) is 324 Å². The van der Waals surface area contributed by atoms with Crippen LogP contribution in [0.15, 0.2) is 219 Å². The number of benzene rings is 9. The number of rotatable bonds is 13. The van der Waals surface area contributed by atoms with Crippen molar-refractivity contribution in [1.29, 1.82) is 0 Å². The molecule has 0 fully saturated rings. The number of aromatic nitrogens is 2. The molecule has 1 aliphatic heterocycles. The van der Waals surface area contributed by atoms with E-state index in [1.807, 2.05) is 6.20 Å². The highest BCUT2D eigenvalue weighted by atomic mass is 16.5. The molecule has 1 aliphatic rings. The van der Waals surface area contributed by atoms with Crippen LogP contribution in [0.5, 0.6) is 11.5 Å². The normalized spacial score (nSPS) is 13.2. The maximum atomic E-state index is 7.39. The zero-order chi connectivity index (χ0) is 59.7. The third kappa shape index (κ3) is 10.7. The lowest BCUT2D eigenvalue weighted by molar-refractivity contribution is 0.483. The Hall–Kier alpha value is -8.67. The molecule has 0 atom stereocenters. The van der Waals surface area contributed by atoms with Crippen molar-refractivity contribution in [2.75, 3.05) is 16.5 Å². The highest BCUT2D eigenvalue weighted by Crippen LogP contribution is 2.51. The average molecular weight is 1120 g/mol. The molecule has 0 aliphatic carbocycles. The van der Waals surface area contributed by atoms with E-state index < -0.39 is 0 Å². The predicted molar refractivity (Wildman–Crippen MR) is 361 cm³/mol. The van der Waals surface area contributed by atoms with Gasteiger partial charge in [-0.25, -0.2) is 4.98 Å². The van der Waals surface area contributed by atoms with Gasteiger partial charge in [0.05, 0.1) is 22.4 Å². The van der Waals surface area contributed by atoms with E-state index in [9.17, 15) is 0 Å². The van der Waals surface area contributed by atoms with Gasteiger partial charge in [-0.2, -0.15) is 0 Å². The van der Waals surface area contributed by atoms with Crippen LogP contribution in [0, 0.1) is 0 Å². The van der Waals surface area contributed by atoms with Crippen molar-refractivity contribution < 1.29 is 4.74 Å². The molecule has 0 unspecified atom stereocenters. The zero-order valence-electron chi connectivity index (χ0n) is 52.3. The second kappa shape index (κ2) is 21.8. The summed E-state index contributed by atoms with van der Waals surface area (Å²) in [6, 6.07) is 78.8. The summed E-state index contributed by atoms with van der Waals surface area (Å²) in [5.41, 5.74) is 21.0. The third-order valence-electron chi connectivity index (χ3n) is 18.2. The summed E-state index contributed by atoms with van der Waals surface area (Å²) in [6.07, 6.45) is 1.95. The lowest BCUT2D eigenvalue weighted by Crippen LogP contribution is -2.27. The van der Waals surface area contributed by atoms with Crippen LogP contribution in [0.25, 0.3) is 49.9 Å². The van der Waals surface area contributed by atoms with Crippen LogP contribution in [-0.2, 0) is 21.7 Å². The highest BCUT2D eigenvalue weighted by Gasteiger charge is 2.35. The number of anilines is 4. The minimum atomic E-state index is -0.289. The van der Waals surface area contributed by atoms with Gasteiger partial charge >= 0.3 is 0 Å².